The van der Waals surface area contributed by atoms with Crippen LogP contribution in [0.4, 0.5) is 9.18 Å². The third-order valence-electron chi connectivity index (χ3n) is 3.78. The molecule has 1 unspecified atom stereocenters. The van der Waals surface area contributed by atoms with Crippen molar-refractivity contribution in [2.24, 2.45) is 7.05 Å². The highest BCUT2D eigenvalue weighted by molar-refractivity contribution is 8.13. The third kappa shape index (κ3) is 3.59. The highest BCUT2D eigenvalue weighted by atomic mass is 32.2. The standard InChI is InChI=1S/C16H17FN4O2S/c1-20-6-5-18-15(20)14(11-3-2-4-12(17)9-11)19-13(22)10-21-7-8-24-16(21)23/h2-6,9,14H,7-8,10H2,1H3,(H,19,22). The lowest BCUT2D eigenvalue weighted by molar-refractivity contribution is -0.122. The molecule has 0 aliphatic carbocycles. The summed E-state index contributed by atoms with van der Waals surface area (Å²) in [5.41, 5.74) is 0.597. The summed E-state index contributed by atoms with van der Waals surface area (Å²) in [4.78, 5) is 29.8. The Hall–Kier alpha value is -2.35. The minimum Gasteiger partial charge on any atom is -0.341 e. The molecule has 1 N–H and O–H groups in total. The zero-order valence-corrected chi connectivity index (χ0v) is 13.9. The second-order valence-corrected chi connectivity index (χ2v) is 6.53. The van der Waals surface area contributed by atoms with Gasteiger partial charge in [-0.3, -0.25) is 9.59 Å². The van der Waals surface area contributed by atoms with E-state index in [4.69, 9.17) is 0 Å². The molecule has 0 bridgehead atoms. The molecule has 1 aromatic heterocycles. The Balaban J connectivity index is 1.81. The molecule has 126 valence electrons. The topological polar surface area (TPSA) is 67.2 Å². The zero-order valence-electron chi connectivity index (χ0n) is 13.1. The van der Waals surface area contributed by atoms with Crippen LogP contribution in [0, 0.1) is 5.82 Å². The van der Waals surface area contributed by atoms with Crippen LogP contribution in [-0.4, -0.2) is 44.4 Å². The monoisotopic (exact) mass is 348 g/mol. The van der Waals surface area contributed by atoms with Crippen LogP contribution >= 0.6 is 11.8 Å². The van der Waals surface area contributed by atoms with E-state index in [1.54, 1.807) is 36.1 Å². The van der Waals surface area contributed by atoms with E-state index in [-0.39, 0.29) is 23.5 Å². The number of nitrogens with one attached hydrogen (secondary N) is 1. The zero-order chi connectivity index (χ0) is 17.1. The van der Waals surface area contributed by atoms with Crippen molar-refractivity contribution in [1.82, 2.24) is 19.8 Å². The summed E-state index contributed by atoms with van der Waals surface area (Å²) in [6.07, 6.45) is 3.38. The molecule has 2 heterocycles. The largest absolute Gasteiger partial charge is 0.341 e. The van der Waals surface area contributed by atoms with Gasteiger partial charge in [0.15, 0.2) is 0 Å². The highest BCUT2D eigenvalue weighted by Crippen LogP contribution is 2.22. The van der Waals surface area contributed by atoms with E-state index >= 15 is 0 Å². The number of carbonyl (C=O) groups excluding carboxylic acids is 2. The second kappa shape index (κ2) is 7.04. The molecule has 0 spiro atoms. The molecule has 8 heteroatoms. The van der Waals surface area contributed by atoms with Crippen molar-refractivity contribution >= 4 is 22.9 Å². The van der Waals surface area contributed by atoms with Crippen LogP contribution < -0.4 is 5.32 Å². The number of aromatic nitrogens is 2. The molecule has 2 amide bonds. The van der Waals surface area contributed by atoms with E-state index in [9.17, 15) is 14.0 Å². The van der Waals surface area contributed by atoms with E-state index < -0.39 is 6.04 Å². The number of thioether (sulfide) groups is 1. The van der Waals surface area contributed by atoms with Gasteiger partial charge in [0.1, 0.15) is 24.2 Å². The van der Waals surface area contributed by atoms with Crippen molar-refractivity contribution in [3.05, 3.63) is 53.9 Å². The van der Waals surface area contributed by atoms with Crippen LogP contribution in [0.1, 0.15) is 17.4 Å². The summed E-state index contributed by atoms with van der Waals surface area (Å²) in [5.74, 6) is 0.602. The average molecular weight is 348 g/mol. The first-order valence-electron chi connectivity index (χ1n) is 7.48. The van der Waals surface area contributed by atoms with E-state index in [1.165, 1.54) is 28.8 Å². The molecule has 6 nitrogen and oxygen atoms in total. The van der Waals surface area contributed by atoms with Crippen LogP contribution in [0.25, 0.3) is 0 Å². The fourth-order valence-electron chi connectivity index (χ4n) is 2.59. The summed E-state index contributed by atoms with van der Waals surface area (Å²) in [6.45, 7) is 0.548. The number of amides is 2. The molecule has 2 aromatic rings. The molecule has 1 aliphatic rings. The predicted molar refractivity (Wildman–Crippen MR) is 89.0 cm³/mol. The first kappa shape index (κ1) is 16.5. The van der Waals surface area contributed by atoms with Crippen LogP contribution in [0.2, 0.25) is 0 Å². The minimum atomic E-state index is -0.585. The number of benzene rings is 1. The van der Waals surface area contributed by atoms with Crippen molar-refractivity contribution in [2.45, 2.75) is 6.04 Å². The number of carbonyl (C=O) groups is 2. The maximum absolute atomic E-state index is 13.6. The van der Waals surface area contributed by atoms with Gasteiger partial charge in [-0.1, -0.05) is 23.9 Å². The number of rotatable bonds is 5. The van der Waals surface area contributed by atoms with Gasteiger partial charge < -0.3 is 14.8 Å². The highest BCUT2D eigenvalue weighted by Gasteiger charge is 2.26. The summed E-state index contributed by atoms with van der Waals surface area (Å²) in [5, 5.41) is 2.77. The van der Waals surface area contributed by atoms with Gasteiger partial charge in [0.2, 0.25) is 5.91 Å². The average Bonchev–Trinajstić information content (AvgIpc) is 3.14. The molecule has 1 aromatic carbocycles. The fraction of sp³-hybridized carbons (Fsp3) is 0.312. The molecule has 24 heavy (non-hydrogen) atoms. The van der Waals surface area contributed by atoms with Gasteiger partial charge in [-0.2, -0.15) is 0 Å². The Morgan fingerprint density at radius 2 is 2.33 bits per heavy atom. The van der Waals surface area contributed by atoms with E-state index in [2.05, 4.69) is 10.3 Å². The molecule has 1 atom stereocenters. The van der Waals surface area contributed by atoms with E-state index in [0.717, 1.165) is 0 Å². The first-order chi connectivity index (χ1) is 11.5. The van der Waals surface area contributed by atoms with Crippen LogP contribution in [0.5, 0.6) is 0 Å². The lowest BCUT2D eigenvalue weighted by Crippen LogP contribution is -2.40. The third-order valence-corrected chi connectivity index (χ3v) is 4.68. The SMILES string of the molecule is Cn1ccnc1C(NC(=O)CN1CCSC1=O)c1cccc(F)c1. The van der Waals surface area contributed by atoms with Crippen molar-refractivity contribution in [2.75, 3.05) is 18.8 Å². The first-order valence-corrected chi connectivity index (χ1v) is 8.47. The van der Waals surface area contributed by atoms with Crippen molar-refractivity contribution in [3.8, 4) is 0 Å². The molecular formula is C16H17FN4O2S. The van der Waals surface area contributed by atoms with Gasteiger partial charge in [0.05, 0.1) is 0 Å². The van der Waals surface area contributed by atoms with Gasteiger partial charge in [0.25, 0.3) is 5.24 Å². The normalized spacial score (nSPS) is 15.6. The summed E-state index contributed by atoms with van der Waals surface area (Å²) in [6, 6.07) is 5.46. The van der Waals surface area contributed by atoms with E-state index in [1.807, 2.05) is 0 Å². The van der Waals surface area contributed by atoms with Gasteiger partial charge in [-0.15, -0.1) is 0 Å². The lowest BCUT2D eigenvalue weighted by atomic mass is 10.1. The Kier molecular flexibility index (Phi) is 4.84. The maximum atomic E-state index is 13.6. The summed E-state index contributed by atoms with van der Waals surface area (Å²) < 4.78 is 15.4. The number of halogens is 1. The fourth-order valence-corrected chi connectivity index (χ4v) is 3.41. The molecule has 1 saturated heterocycles. The van der Waals surface area contributed by atoms with Crippen molar-refractivity contribution in [1.29, 1.82) is 0 Å². The Bertz CT molecular complexity index is 764. The van der Waals surface area contributed by atoms with Gasteiger partial charge >= 0.3 is 0 Å². The van der Waals surface area contributed by atoms with Gasteiger partial charge in [0, 0.05) is 31.7 Å². The summed E-state index contributed by atoms with van der Waals surface area (Å²) in [7, 11) is 1.81. The van der Waals surface area contributed by atoms with Crippen molar-refractivity contribution in [3.63, 3.8) is 0 Å². The molecule has 0 saturated carbocycles. The number of hydrogen-bond acceptors (Lipinski definition) is 4. The second-order valence-electron chi connectivity index (χ2n) is 5.49. The lowest BCUT2D eigenvalue weighted by Gasteiger charge is -2.21. The number of aryl methyl sites for hydroxylation is 1. The number of imidazole rings is 1. The molecule has 1 fully saturated rings. The van der Waals surface area contributed by atoms with Crippen LogP contribution in [0.3, 0.4) is 0 Å². The molecule has 1 aliphatic heterocycles. The Morgan fingerprint density at radius 1 is 1.50 bits per heavy atom. The maximum Gasteiger partial charge on any atom is 0.282 e. The van der Waals surface area contributed by atoms with E-state index in [0.29, 0.717) is 23.7 Å². The summed E-state index contributed by atoms with van der Waals surface area (Å²) >= 11 is 1.21. The Labute approximate surface area is 143 Å². The number of nitrogens with zero attached hydrogens (tertiary/aromatic N) is 3. The molecule has 3 rings (SSSR count). The number of hydrogen-bond donors (Lipinski definition) is 1. The van der Waals surface area contributed by atoms with Gasteiger partial charge in [-0.05, 0) is 17.7 Å². The van der Waals surface area contributed by atoms with Crippen molar-refractivity contribution < 1.29 is 14.0 Å². The van der Waals surface area contributed by atoms with Crippen LogP contribution in [0.15, 0.2) is 36.7 Å². The minimum absolute atomic E-state index is 0.0118. The smallest absolute Gasteiger partial charge is 0.282 e. The van der Waals surface area contributed by atoms with Gasteiger partial charge in [-0.25, -0.2) is 9.37 Å². The molecular weight excluding hydrogens is 331 g/mol. The quantitative estimate of drug-likeness (QED) is 0.897. The van der Waals surface area contributed by atoms with Crippen LogP contribution in [-0.2, 0) is 11.8 Å². The molecule has 0 radical (unpaired) electrons. The predicted octanol–water partition coefficient (Wildman–Crippen LogP) is 1.93. The Morgan fingerprint density at radius 3 is 2.96 bits per heavy atom.